The predicted molar refractivity (Wildman–Crippen MR) is 150 cm³/mol. The van der Waals surface area contributed by atoms with Crippen molar-refractivity contribution < 1.29 is 32.1 Å². The third-order valence-electron chi connectivity index (χ3n) is 8.56. The van der Waals surface area contributed by atoms with Gasteiger partial charge in [0, 0.05) is 36.7 Å². The number of quaternary nitrogens is 1. The third-order valence-corrected chi connectivity index (χ3v) is 8.56. The van der Waals surface area contributed by atoms with Crippen molar-refractivity contribution in [2.45, 2.75) is 56.8 Å². The molecule has 1 aromatic carbocycles. The molecule has 7 rings (SSSR count). The van der Waals surface area contributed by atoms with E-state index in [1.165, 1.54) is 0 Å². The minimum atomic E-state index is -4.57. The van der Waals surface area contributed by atoms with Crippen LogP contribution >= 0.6 is 0 Å². The molecule has 1 aromatic heterocycles. The lowest BCUT2D eigenvalue weighted by atomic mass is 9.90. The Morgan fingerprint density at radius 1 is 1.12 bits per heavy atom. The normalized spacial score (nSPS) is 26.4. The molecule has 1 unspecified atom stereocenters. The smallest absolute Gasteiger partial charge is 0.416 e. The zero-order valence-electron chi connectivity index (χ0n) is 23.1. The number of nitrogens with zero attached hydrogens (tertiary/aromatic N) is 5. The van der Waals surface area contributed by atoms with Crippen LogP contribution in [0.15, 0.2) is 70.3 Å². The van der Waals surface area contributed by atoms with Gasteiger partial charge in [0.05, 0.1) is 24.1 Å². The molecule has 3 N–H and O–H groups in total. The molecule has 0 spiro atoms. The molecule has 2 amide bonds. The number of nitrogens with two attached hydrogens (primary N) is 1. The summed E-state index contributed by atoms with van der Waals surface area (Å²) in [6.45, 7) is 0.574. The quantitative estimate of drug-likeness (QED) is 0.378. The minimum Gasteiger partial charge on any atom is -0.489 e. The number of pyridine rings is 1. The Labute approximate surface area is 245 Å². The number of amidine groups is 1. The summed E-state index contributed by atoms with van der Waals surface area (Å²) < 4.78 is 45.5. The van der Waals surface area contributed by atoms with Gasteiger partial charge in [0.25, 0.3) is 11.7 Å². The third kappa shape index (κ3) is 5.01. The Morgan fingerprint density at radius 3 is 2.74 bits per heavy atom. The Balaban J connectivity index is 1.21. The van der Waals surface area contributed by atoms with Crippen molar-refractivity contribution in [3.8, 4) is 5.75 Å². The van der Waals surface area contributed by atoms with E-state index in [4.69, 9.17) is 15.6 Å². The van der Waals surface area contributed by atoms with Crippen molar-refractivity contribution in [2.75, 3.05) is 11.9 Å². The lowest BCUT2D eigenvalue weighted by Gasteiger charge is -2.35. The molecule has 43 heavy (non-hydrogen) atoms. The van der Waals surface area contributed by atoms with Crippen molar-refractivity contribution in [2.24, 2.45) is 21.7 Å². The first kappa shape index (κ1) is 27.5. The number of carbonyl (C=O) groups is 2. The Kier molecular flexibility index (Phi) is 6.47. The van der Waals surface area contributed by atoms with Gasteiger partial charge in [-0.1, -0.05) is 0 Å². The Morgan fingerprint density at radius 2 is 1.95 bits per heavy atom. The number of aromatic nitrogens is 1. The van der Waals surface area contributed by atoms with Gasteiger partial charge in [0.2, 0.25) is 11.6 Å². The molecule has 10 nitrogen and oxygen atoms in total. The maximum absolute atomic E-state index is 13.2. The molecule has 3 atom stereocenters. The van der Waals surface area contributed by atoms with Gasteiger partial charge in [-0.3, -0.25) is 14.6 Å². The van der Waals surface area contributed by atoms with Crippen LogP contribution in [0.5, 0.6) is 5.75 Å². The first-order valence-corrected chi connectivity index (χ1v) is 14.3. The number of alkyl halides is 3. The second-order valence-electron chi connectivity index (χ2n) is 11.5. The first-order chi connectivity index (χ1) is 20.6. The van der Waals surface area contributed by atoms with Gasteiger partial charge in [0.1, 0.15) is 29.0 Å². The van der Waals surface area contributed by atoms with Crippen molar-refractivity contribution in [3.63, 3.8) is 0 Å². The van der Waals surface area contributed by atoms with E-state index in [0.717, 1.165) is 56.1 Å². The van der Waals surface area contributed by atoms with Crippen LogP contribution in [-0.2, 0) is 11.0 Å². The Hall–Kier alpha value is -4.36. The lowest BCUT2D eigenvalue weighted by Crippen LogP contribution is -2.53. The van der Waals surface area contributed by atoms with Crippen molar-refractivity contribution in [3.05, 3.63) is 77.0 Å². The number of fused-ring (bicyclic) bond motifs is 2. The average molecular weight is 593 g/mol. The van der Waals surface area contributed by atoms with E-state index in [9.17, 15) is 22.8 Å². The molecule has 0 radical (unpaired) electrons. The number of halogens is 3. The van der Waals surface area contributed by atoms with Crippen LogP contribution in [0.1, 0.15) is 60.0 Å². The van der Waals surface area contributed by atoms with E-state index in [1.807, 2.05) is 4.90 Å². The summed E-state index contributed by atoms with van der Waals surface area (Å²) in [5, 5.41) is 2.45. The summed E-state index contributed by atoms with van der Waals surface area (Å²) >= 11 is 0. The standard InChI is InChI=1S/C30H28F3N7O3/c31-30(32,33)19-9-10-36-25(14-19)37-29(42)17-2-7-22(24(13-17)43-21-5-6-21)28-38-27(23-15-35-11-12-40(23,28)34)18-1-3-20-4-8-26(41)39(20)16-18/h2,7,9-15,18,20-21H,1,3-6,8,16,34H2/p+1/t18-,20+,40?/m1/s1. The fraction of sp³-hybridized carbons (Fsp3) is 0.367. The van der Waals surface area contributed by atoms with E-state index in [-0.39, 0.29) is 39.9 Å². The predicted octanol–water partition coefficient (Wildman–Crippen LogP) is 4.51. The summed E-state index contributed by atoms with van der Waals surface area (Å²) in [5.74, 6) is 7.17. The topological polar surface area (TPSA) is 122 Å². The number of allylic oxidation sites excluding steroid dienone is 1. The van der Waals surface area contributed by atoms with E-state index < -0.39 is 17.6 Å². The molecule has 4 aliphatic heterocycles. The largest absolute Gasteiger partial charge is 0.489 e. The monoisotopic (exact) mass is 592 g/mol. The second-order valence-corrected chi connectivity index (χ2v) is 11.5. The van der Waals surface area contributed by atoms with Gasteiger partial charge in [-0.15, -0.1) is 4.59 Å². The summed E-state index contributed by atoms with van der Waals surface area (Å²) in [5.41, 5.74) is 1.33. The number of ether oxygens (including phenoxy) is 1. The summed E-state index contributed by atoms with van der Waals surface area (Å²) in [4.78, 5) is 40.8. The number of rotatable bonds is 6. The fourth-order valence-corrected chi connectivity index (χ4v) is 6.15. The number of carbonyl (C=O) groups excluding carboxylic acids is 2. The number of hydrogen-bond acceptors (Lipinski definition) is 7. The molecule has 0 bridgehead atoms. The van der Waals surface area contributed by atoms with Crippen LogP contribution in [0.4, 0.5) is 19.0 Å². The highest BCUT2D eigenvalue weighted by Gasteiger charge is 2.49. The van der Waals surface area contributed by atoms with Crippen molar-refractivity contribution in [1.82, 2.24) is 9.88 Å². The van der Waals surface area contributed by atoms with Crippen LogP contribution < -0.4 is 15.9 Å². The summed E-state index contributed by atoms with van der Waals surface area (Å²) in [6.07, 6.45) is 6.38. The number of anilines is 1. The van der Waals surface area contributed by atoms with E-state index in [0.29, 0.717) is 35.8 Å². The second kappa shape index (κ2) is 10.1. The van der Waals surface area contributed by atoms with Gasteiger partial charge in [-0.05, 0) is 62.4 Å². The molecule has 3 fully saturated rings. The zero-order valence-corrected chi connectivity index (χ0v) is 23.1. The molecule has 5 aliphatic rings. The van der Waals surface area contributed by atoms with Crippen LogP contribution in [0.2, 0.25) is 0 Å². The van der Waals surface area contributed by atoms with Gasteiger partial charge < -0.3 is 15.0 Å². The van der Waals surface area contributed by atoms with Crippen molar-refractivity contribution in [1.29, 1.82) is 0 Å². The van der Waals surface area contributed by atoms with Crippen LogP contribution in [0.25, 0.3) is 0 Å². The molecule has 13 heteroatoms. The maximum atomic E-state index is 13.2. The lowest BCUT2D eigenvalue weighted by molar-refractivity contribution is -0.750. The van der Waals surface area contributed by atoms with Gasteiger partial charge in [-0.2, -0.15) is 24.0 Å². The molecular weight excluding hydrogens is 563 g/mol. The molecule has 2 aromatic rings. The van der Waals surface area contributed by atoms with Crippen molar-refractivity contribution >= 4 is 29.7 Å². The first-order valence-electron chi connectivity index (χ1n) is 14.3. The molecule has 222 valence electrons. The molecule has 1 aliphatic carbocycles. The molecule has 2 saturated heterocycles. The average Bonchev–Trinajstić information content (AvgIpc) is 3.65. The van der Waals surface area contributed by atoms with E-state index >= 15 is 0 Å². The number of piperidine rings is 1. The van der Waals surface area contributed by atoms with Gasteiger partial charge >= 0.3 is 6.18 Å². The Bertz CT molecular complexity index is 1650. The van der Waals surface area contributed by atoms with Gasteiger partial charge in [0.15, 0.2) is 0 Å². The van der Waals surface area contributed by atoms with E-state index in [1.54, 1.807) is 36.8 Å². The van der Waals surface area contributed by atoms with Crippen LogP contribution in [-0.4, -0.2) is 57.0 Å². The number of amides is 2. The number of aliphatic imine (C=N–C) groups is 2. The molecular formula is C30H29F3N7O3+. The fourth-order valence-electron chi connectivity index (χ4n) is 6.15. The summed E-state index contributed by atoms with van der Waals surface area (Å²) in [6, 6.07) is 6.70. The highest BCUT2D eigenvalue weighted by atomic mass is 19.4. The minimum absolute atomic E-state index is 0.0115. The number of nitrogens with one attached hydrogen (secondary N) is 1. The maximum Gasteiger partial charge on any atom is 0.416 e. The summed E-state index contributed by atoms with van der Waals surface area (Å²) in [7, 11) is 0. The highest BCUT2D eigenvalue weighted by molar-refractivity contribution is 6.07. The molecule has 1 saturated carbocycles. The highest BCUT2D eigenvalue weighted by Crippen LogP contribution is 2.42. The van der Waals surface area contributed by atoms with E-state index in [2.05, 4.69) is 15.3 Å². The van der Waals surface area contributed by atoms with Gasteiger partial charge in [-0.25, -0.2) is 4.98 Å². The zero-order chi connectivity index (χ0) is 29.9. The number of hydrogen-bond donors (Lipinski definition) is 2. The SMILES string of the molecule is N[N+]12C=CN=CC1=C([C@@H]1CC[C@H]3CCC(=O)N3C1)N=C2c1ccc(C(=O)Nc2cc(C(F)(F)F)ccn2)cc1OC1CC1. The van der Waals surface area contributed by atoms with Crippen LogP contribution in [0, 0.1) is 5.92 Å². The number of benzene rings is 1. The van der Waals surface area contributed by atoms with Crippen LogP contribution in [0.3, 0.4) is 0 Å². The molecule has 5 heterocycles.